The molecule has 3 nitrogen and oxygen atoms in total. The van der Waals surface area contributed by atoms with E-state index in [2.05, 4.69) is 19.2 Å². The van der Waals surface area contributed by atoms with Gasteiger partial charge in [0.25, 0.3) is 0 Å². The molecule has 1 aliphatic heterocycles. The van der Waals surface area contributed by atoms with Gasteiger partial charge in [-0.2, -0.15) is 0 Å². The minimum atomic E-state index is -0.647. The molecule has 0 aromatic carbocycles. The molecular weight excluding hydrogens is 190 g/mol. The molecule has 1 fully saturated rings. The van der Waals surface area contributed by atoms with Crippen molar-refractivity contribution in [3.05, 3.63) is 0 Å². The molecule has 0 aromatic heterocycles. The Bertz CT molecular complexity index is 186. The summed E-state index contributed by atoms with van der Waals surface area (Å²) in [5.74, 6) is 0.691. The van der Waals surface area contributed by atoms with E-state index < -0.39 is 5.60 Å². The quantitative estimate of drug-likeness (QED) is 0.706. The van der Waals surface area contributed by atoms with E-state index in [1.165, 1.54) is 12.8 Å². The average Bonchev–Trinajstić information content (AvgIpc) is 2.48. The zero-order chi connectivity index (χ0) is 11.3. The summed E-state index contributed by atoms with van der Waals surface area (Å²) in [7, 11) is 0. The van der Waals surface area contributed by atoms with Crippen molar-refractivity contribution in [2.45, 2.75) is 51.7 Å². The van der Waals surface area contributed by atoms with Crippen molar-refractivity contribution in [1.82, 2.24) is 5.32 Å². The Morgan fingerprint density at radius 3 is 2.87 bits per heavy atom. The molecule has 3 heteroatoms. The third-order valence-electron chi connectivity index (χ3n) is 3.36. The first kappa shape index (κ1) is 12.9. The van der Waals surface area contributed by atoms with Crippen LogP contribution in [0.25, 0.3) is 0 Å². The summed E-state index contributed by atoms with van der Waals surface area (Å²) in [5, 5.41) is 13.6. The molecule has 0 spiro atoms. The van der Waals surface area contributed by atoms with E-state index in [0.29, 0.717) is 19.1 Å². The van der Waals surface area contributed by atoms with Gasteiger partial charge in [0.15, 0.2) is 0 Å². The van der Waals surface area contributed by atoms with Crippen LogP contribution in [-0.4, -0.2) is 36.5 Å². The molecule has 3 unspecified atom stereocenters. The Hall–Kier alpha value is -0.120. The third-order valence-corrected chi connectivity index (χ3v) is 3.36. The standard InChI is InChI=1S/C12H25NO2/c1-4-5-10(2)8-13-9-12(14)6-7-15-11(12)3/h10-11,13-14H,4-9H2,1-3H3. The van der Waals surface area contributed by atoms with Crippen molar-refractivity contribution in [1.29, 1.82) is 0 Å². The molecule has 0 aliphatic carbocycles. The molecule has 0 saturated carbocycles. The maximum absolute atomic E-state index is 10.2. The van der Waals surface area contributed by atoms with Gasteiger partial charge in [-0.05, 0) is 25.8 Å². The van der Waals surface area contributed by atoms with Gasteiger partial charge in [0.05, 0.1) is 6.10 Å². The van der Waals surface area contributed by atoms with Crippen LogP contribution in [0.2, 0.25) is 0 Å². The van der Waals surface area contributed by atoms with Gasteiger partial charge in [0.2, 0.25) is 0 Å². The third kappa shape index (κ3) is 3.74. The van der Waals surface area contributed by atoms with Crippen LogP contribution in [-0.2, 0) is 4.74 Å². The van der Waals surface area contributed by atoms with Gasteiger partial charge in [-0.15, -0.1) is 0 Å². The highest BCUT2D eigenvalue weighted by molar-refractivity contribution is 4.91. The summed E-state index contributed by atoms with van der Waals surface area (Å²) in [6, 6.07) is 0. The second kappa shape index (κ2) is 5.83. The largest absolute Gasteiger partial charge is 0.386 e. The molecule has 90 valence electrons. The van der Waals surface area contributed by atoms with Gasteiger partial charge in [0, 0.05) is 19.6 Å². The first-order valence-electron chi connectivity index (χ1n) is 6.13. The van der Waals surface area contributed by atoms with Gasteiger partial charge in [-0.1, -0.05) is 20.3 Å². The molecule has 0 radical (unpaired) electrons. The monoisotopic (exact) mass is 215 g/mol. The maximum Gasteiger partial charge on any atom is 0.105 e. The molecular formula is C12H25NO2. The first-order chi connectivity index (χ1) is 7.08. The van der Waals surface area contributed by atoms with Gasteiger partial charge in [-0.3, -0.25) is 0 Å². The SMILES string of the molecule is CCCC(C)CNCC1(O)CCOC1C. The van der Waals surface area contributed by atoms with E-state index in [1.54, 1.807) is 0 Å². The lowest BCUT2D eigenvalue weighted by Crippen LogP contribution is -2.46. The van der Waals surface area contributed by atoms with Crippen molar-refractivity contribution < 1.29 is 9.84 Å². The van der Waals surface area contributed by atoms with Crippen LogP contribution in [0.3, 0.4) is 0 Å². The van der Waals surface area contributed by atoms with Crippen molar-refractivity contribution >= 4 is 0 Å². The Labute approximate surface area is 93.2 Å². The fourth-order valence-corrected chi connectivity index (χ4v) is 2.13. The Kier molecular flexibility index (Phi) is 5.03. The molecule has 1 heterocycles. The molecule has 0 aromatic rings. The van der Waals surface area contributed by atoms with Crippen LogP contribution in [0.1, 0.15) is 40.0 Å². The number of ether oxygens (including phenoxy) is 1. The molecule has 3 atom stereocenters. The van der Waals surface area contributed by atoms with Crippen molar-refractivity contribution in [2.75, 3.05) is 19.7 Å². The number of hydrogen-bond donors (Lipinski definition) is 2. The average molecular weight is 215 g/mol. The normalized spacial score (nSPS) is 33.2. The molecule has 0 amide bonds. The van der Waals surface area contributed by atoms with Crippen LogP contribution >= 0.6 is 0 Å². The van der Waals surface area contributed by atoms with E-state index >= 15 is 0 Å². The molecule has 2 N–H and O–H groups in total. The van der Waals surface area contributed by atoms with E-state index in [9.17, 15) is 5.11 Å². The fourth-order valence-electron chi connectivity index (χ4n) is 2.13. The van der Waals surface area contributed by atoms with Gasteiger partial charge >= 0.3 is 0 Å². The van der Waals surface area contributed by atoms with Crippen molar-refractivity contribution in [3.8, 4) is 0 Å². The lowest BCUT2D eigenvalue weighted by Gasteiger charge is -2.27. The van der Waals surface area contributed by atoms with Gasteiger partial charge in [0.1, 0.15) is 5.60 Å². The Morgan fingerprint density at radius 2 is 2.33 bits per heavy atom. The summed E-state index contributed by atoms with van der Waals surface area (Å²) >= 11 is 0. The zero-order valence-corrected chi connectivity index (χ0v) is 10.3. The molecule has 1 saturated heterocycles. The van der Waals surface area contributed by atoms with E-state index in [4.69, 9.17) is 4.74 Å². The lowest BCUT2D eigenvalue weighted by atomic mass is 9.96. The summed E-state index contributed by atoms with van der Waals surface area (Å²) in [6.07, 6.45) is 3.19. The Morgan fingerprint density at radius 1 is 1.60 bits per heavy atom. The van der Waals surface area contributed by atoms with Gasteiger partial charge < -0.3 is 15.2 Å². The van der Waals surface area contributed by atoms with Gasteiger partial charge in [-0.25, -0.2) is 0 Å². The second-order valence-electron chi connectivity index (χ2n) is 4.89. The highest BCUT2D eigenvalue weighted by Crippen LogP contribution is 2.24. The van der Waals surface area contributed by atoms with Crippen LogP contribution in [0.15, 0.2) is 0 Å². The summed E-state index contributed by atoms with van der Waals surface area (Å²) in [4.78, 5) is 0. The van der Waals surface area contributed by atoms with Crippen LogP contribution in [0.4, 0.5) is 0 Å². The summed E-state index contributed by atoms with van der Waals surface area (Å²) < 4.78 is 5.38. The minimum Gasteiger partial charge on any atom is -0.386 e. The number of rotatable bonds is 6. The zero-order valence-electron chi connectivity index (χ0n) is 10.3. The minimum absolute atomic E-state index is 0.0357. The van der Waals surface area contributed by atoms with E-state index in [-0.39, 0.29) is 6.10 Å². The molecule has 1 aliphatic rings. The molecule has 0 bridgehead atoms. The topological polar surface area (TPSA) is 41.5 Å². The summed E-state index contributed by atoms with van der Waals surface area (Å²) in [6.45, 7) is 8.73. The smallest absolute Gasteiger partial charge is 0.105 e. The van der Waals surface area contributed by atoms with Crippen molar-refractivity contribution in [3.63, 3.8) is 0 Å². The van der Waals surface area contributed by atoms with Crippen LogP contribution in [0.5, 0.6) is 0 Å². The van der Waals surface area contributed by atoms with E-state index in [0.717, 1.165) is 13.0 Å². The molecule has 1 rings (SSSR count). The highest BCUT2D eigenvalue weighted by atomic mass is 16.5. The van der Waals surface area contributed by atoms with Crippen LogP contribution < -0.4 is 5.32 Å². The Balaban J connectivity index is 2.19. The van der Waals surface area contributed by atoms with Crippen molar-refractivity contribution in [2.24, 2.45) is 5.92 Å². The predicted octanol–water partition coefficient (Wildman–Crippen LogP) is 1.55. The second-order valence-corrected chi connectivity index (χ2v) is 4.89. The molecule has 15 heavy (non-hydrogen) atoms. The number of nitrogens with one attached hydrogen (secondary N) is 1. The maximum atomic E-state index is 10.2. The van der Waals surface area contributed by atoms with Crippen LogP contribution in [0, 0.1) is 5.92 Å². The number of aliphatic hydroxyl groups is 1. The fraction of sp³-hybridized carbons (Fsp3) is 1.00. The first-order valence-corrected chi connectivity index (χ1v) is 6.13. The summed E-state index contributed by atoms with van der Waals surface area (Å²) in [5.41, 5.74) is -0.647. The number of hydrogen-bond acceptors (Lipinski definition) is 3. The predicted molar refractivity (Wildman–Crippen MR) is 61.9 cm³/mol. The van der Waals surface area contributed by atoms with E-state index in [1.807, 2.05) is 6.92 Å². The highest BCUT2D eigenvalue weighted by Gasteiger charge is 2.38. The lowest BCUT2D eigenvalue weighted by molar-refractivity contribution is -0.0264.